The van der Waals surface area contributed by atoms with Crippen molar-refractivity contribution < 1.29 is 9.53 Å². The number of aryl methyl sites for hydroxylation is 1. The molecule has 0 radical (unpaired) electrons. The van der Waals surface area contributed by atoms with Crippen LogP contribution < -0.4 is 10.1 Å². The lowest BCUT2D eigenvalue weighted by molar-refractivity contribution is -0.118. The minimum absolute atomic E-state index is 0.0997. The summed E-state index contributed by atoms with van der Waals surface area (Å²) < 4.78 is 6.41. The first-order valence-corrected chi connectivity index (χ1v) is 10.7. The minimum Gasteiger partial charge on any atom is -0.483 e. The summed E-state index contributed by atoms with van der Waals surface area (Å²) in [5.41, 5.74) is 1.80. The average Bonchev–Trinajstić information content (AvgIpc) is 3.11. The number of nitrogens with one attached hydrogen (secondary N) is 1. The highest BCUT2D eigenvalue weighted by atomic mass is 79.9. The Hall–Kier alpha value is -1.18. The normalized spacial score (nSPS) is 15.1. The molecular weight excluding hydrogens is 438 g/mol. The van der Waals surface area contributed by atoms with E-state index in [0.717, 1.165) is 33.4 Å². The van der Waals surface area contributed by atoms with Gasteiger partial charge in [-0.2, -0.15) is 0 Å². The maximum Gasteiger partial charge on any atom is 0.264 e. The van der Waals surface area contributed by atoms with Crippen molar-refractivity contribution in [3.63, 3.8) is 0 Å². The summed E-state index contributed by atoms with van der Waals surface area (Å²) in [5, 5.41) is 13.4. The third kappa shape index (κ3) is 4.56. The van der Waals surface area contributed by atoms with Crippen molar-refractivity contribution in [1.29, 1.82) is 0 Å². The fourth-order valence-electron chi connectivity index (χ4n) is 3.10. The molecular formula is C18H21BrClN3O2S. The molecule has 5 nitrogen and oxygen atoms in total. The molecule has 1 N–H and O–H groups in total. The molecule has 0 unspecified atom stereocenters. The van der Waals surface area contributed by atoms with Crippen molar-refractivity contribution in [1.82, 2.24) is 10.2 Å². The number of rotatable bonds is 5. The number of anilines is 1. The van der Waals surface area contributed by atoms with E-state index in [1.165, 1.54) is 30.6 Å². The van der Waals surface area contributed by atoms with Gasteiger partial charge >= 0.3 is 0 Å². The van der Waals surface area contributed by atoms with Gasteiger partial charge in [-0.25, -0.2) is 0 Å². The van der Waals surface area contributed by atoms with E-state index in [9.17, 15) is 4.79 Å². The summed E-state index contributed by atoms with van der Waals surface area (Å²) in [7, 11) is 0. The van der Waals surface area contributed by atoms with Crippen LogP contribution in [-0.2, 0) is 4.79 Å². The van der Waals surface area contributed by atoms with E-state index >= 15 is 0 Å². The van der Waals surface area contributed by atoms with E-state index in [1.54, 1.807) is 0 Å². The number of ether oxygens (including phenoxy) is 1. The monoisotopic (exact) mass is 457 g/mol. The molecule has 26 heavy (non-hydrogen) atoms. The number of halogens is 2. The zero-order chi connectivity index (χ0) is 18.7. The lowest BCUT2D eigenvalue weighted by Gasteiger charge is -2.18. The smallest absolute Gasteiger partial charge is 0.264 e. The van der Waals surface area contributed by atoms with E-state index in [1.807, 2.05) is 19.9 Å². The maximum atomic E-state index is 12.2. The molecule has 8 heteroatoms. The molecule has 1 heterocycles. The van der Waals surface area contributed by atoms with Gasteiger partial charge < -0.3 is 4.74 Å². The highest BCUT2D eigenvalue weighted by Crippen LogP contribution is 2.36. The second-order valence-corrected chi connectivity index (χ2v) is 8.74. The number of carbonyl (C=O) groups is 1. The van der Waals surface area contributed by atoms with Crippen molar-refractivity contribution in [2.24, 2.45) is 0 Å². The molecule has 1 amide bonds. The maximum absolute atomic E-state index is 12.2. The third-order valence-electron chi connectivity index (χ3n) is 4.57. The molecule has 2 aromatic rings. The second-order valence-electron chi connectivity index (χ2n) is 6.56. The van der Waals surface area contributed by atoms with Crippen molar-refractivity contribution >= 4 is 49.9 Å². The van der Waals surface area contributed by atoms with E-state index in [4.69, 9.17) is 16.3 Å². The van der Waals surface area contributed by atoms with Crippen LogP contribution in [0.2, 0.25) is 5.02 Å². The van der Waals surface area contributed by atoms with Crippen molar-refractivity contribution in [2.45, 2.75) is 51.9 Å². The molecule has 3 rings (SSSR count). The average molecular weight is 459 g/mol. The van der Waals surface area contributed by atoms with Gasteiger partial charge in [0.2, 0.25) is 5.13 Å². The van der Waals surface area contributed by atoms with Gasteiger partial charge in [-0.1, -0.05) is 42.2 Å². The molecule has 0 spiro atoms. The molecule has 1 fully saturated rings. The van der Waals surface area contributed by atoms with Crippen LogP contribution in [0.25, 0.3) is 0 Å². The zero-order valence-corrected chi connectivity index (χ0v) is 17.9. The first kappa shape index (κ1) is 19.6. The second kappa shape index (κ2) is 8.67. The van der Waals surface area contributed by atoms with Crippen molar-refractivity contribution in [3.8, 4) is 5.75 Å². The summed E-state index contributed by atoms with van der Waals surface area (Å²) in [6.07, 6.45) is 6.11. The van der Waals surface area contributed by atoms with Crippen molar-refractivity contribution in [2.75, 3.05) is 11.9 Å². The number of nitrogens with zero attached hydrogens (tertiary/aromatic N) is 2. The van der Waals surface area contributed by atoms with Gasteiger partial charge in [0, 0.05) is 10.9 Å². The number of aromatic nitrogens is 2. The van der Waals surface area contributed by atoms with Gasteiger partial charge in [-0.3, -0.25) is 10.1 Å². The molecule has 1 aromatic heterocycles. The van der Waals surface area contributed by atoms with Gasteiger partial charge in [-0.15, -0.1) is 10.2 Å². The quantitative estimate of drug-likeness (QED) is 0.630. The lowest BCUT2D eigenvalue weighted by Crippen LogP contribution is -2.20. The molecule has 140 valence electrons. The summed E-state index contributed by atoms with van der Waals surface area (Å²) in [6, 6.07) is 1.82. The Balaban J connectivity index is 1.57. The Morgan fingerprint density at radius 1 is 1.35 bits per heavy atom. The Bertz CT molecular complexity index is 806. The number of benzene rings is 1. The van der Waals surface area contributed by atoms with E-state index in [2.05, 4.69) is 31.4 Å². The Kier molecular flexibility index (Phi) is 6.53. The van der Waals surface area contributed by atoms with Crippen LogP contribution >= 0.6 is 38.9 Å². The predicted molar refractivity (Wildman–Crippen MR) is 108 cm³/mol. The van der Waals surface area contributed by atoms with Crippen LogP contribution in [-0.4, -0.2) is 22.7 Å². The molecule has 0 atom stereocenters. The standard InChI is InChI=1S/C18H21BrClN3O2S/c1-10-8-13(15(19)11(2)16(10)20)25-9-14(24)21-18-23-22-17(26-18)12-6-4-3-5-7-12/h8,12H,3-7,9H2,1-2H3,(H,21,23,24). The van der Waals surface area contributed by atoms with Crippen LogP contribution in [0, 0.1) is 13.8 Å². The highest BCUT2D eigenvalue weighted by molar-refractivity contribution is 9.10. The molecule has 0 bridgehead atoms. The number of carbonyl (C=O) groups excluding carboxylic acids is 1. The van der Waals surface area contributed by atoms with Crippen LogP contribution in [0.5, 0.6) is 5.75 Å². The third-order valence-corrected chi connectivity index (χ3v) is 7.14. The van der Waals surface area contributed by atoms with Gasteiger partial charge in [0.1, 0.15) is 10.8 Å². The largest absolute Gasteiger partial charge is 0.483 e. The van der Waals surface area contributed by atoms with Gasteiger partial charge in [0.15, 0.2) is 6.61 Å². The topological polar surface area (TPSA) is 64.1 Å². The summed E-state index contributed by atoms with van der Waals surface area (Å²) in [5.74, 6) is 0.826. The minimum atomic E-state index is -0.256. The first-order valence-electron chi connectivity index (χ1n) is 8.67. The predicted octanol–water partition coefficient (Wildman–Crippen LogP) is 5.64. The van der Waals surface area contributed by atoms with E-state index in [0.29, 0.717) is 21.8 Å². The summed E-state index contributed by atoms with van der Waals surface area (Å²) in [4.78, 5) is 12.2. The molecule has 0 aliphatic heterocycles. The Labute approximate surface area is 170 Å². The van der Waals surface area contributed by atoms with Gasteiger partial charge in [-0.05, 0) is 59.8 Å². The van der Waals surface area contributed by atoms with E-state index in [-0.39, 0.29) is 12.5 Å². The number of hydrogen-bond acceptors (Lipinski definition) is 5. The summed E-state index contributed by atoms with van der Waals surface area (Å²) in [6.45, 7) is 3.71. The van der Waals surface area contributed by atoms with Crippen LogP contribution in [0.15, 0.2) is 10.5 Å². The van der Waals surface area contributed by atoms with Gasteiger partial charge in [0.25, 0.3) is 5.91 Å². The van der Waals surface area contributed by atoms with Crippen LogP contribution in [0.3, 0.4) is 0 Å². The molecule has 1 aromatic carbocycles. The fourth-order valence-corrected chi connectivity index (χ4v) is 4.72. The first-order chi connectivity index (χ1) is 12.5. The van der Waals surface area contributed by atoms with Crippen LogP contribution in [0.4, 0.5) is 5.13 Å². The zero-order valence-electron chi connectivity index (χ0n) is 14.8. The summed E-state index contributed by atoms with van der Waals surface area (Å²) >= 11 is 11.1. The fraction of sp³-hybridized carbons (Fsp3) is 0.500. The SMILES string of the molecule is Cc1cc(OCC(=O)Nc2nnc(C3CCCCC3)s2)c(Br)c(C)c1Cl. The van der Waals surface area contributed by atoms with Crippen molar-refractivity contribution in [3.05, 3.63) is 31.7 Å². The molecule has 1 aliphatic rings. The lowest BCUT2D eigenvalue weighted by atomic mass is 9.90. The van der Waals surface area contributed by atoms with E-state index < -0.39 is 0 Å². The Morgan fingerprint density at radius 3 is 2.81 bits per heavy atom. The molecule has 1 aliphatic carbocycles. The Morgan fingerprint density at radius 2 is 2.08 bits per heavy atom. The van der Waals surface area contributed by atoms with Crippen LogP contribution in [0.1, 0.15) is 54.2 Å². The molecule has 0 saturated heterocycles. The number of amides is 1. The number of hydrogen-bond donors (Lipinski definition) is 1. The molecule has 1 saturated carbocycles. The van der Waals surface area contributed by atoms with Gasteiger partial charge in [0.05, 0.1) is 4.47 Å². The highest BCUT2D eigenvalue weighted by Gasteiger charge is 2.20.